The molecule has 0 N–H and O–H groups in total. The minimum atomic E-state index is -0.674. The Morgan fingerprint density at radius 2 is 1.59 bits per heavy atom. The van der Waals surface area contributed by atoms with Crippen molar-refractivity contribution in [1.29, 1.82) is 0 Å². The van der Waals surface area contributed by atoms with Crippen LogP contribution in [0.2, 0.25) is 5.02 Å². The van der Waals surface area contributed by atoms with E-state index in [0.29, 0.717) is 10.6 Å². The summed E-state index contributed by atoms with van der Waals surface area (Å²) in [5.41, 5.74) is 2.44. The first-order valence-corrected chi connectivity index (χ1v) is 8.92. The molecular weight excluding hydrogens is 362 g/mol. The largest absolute Gasteiger partial charge is 0.206 e. The average Bonchev–Trinajstić information content (AvgIpc) is 2.68. The fourth-order valence-corrected chi connectivity index (χ4v) is 2.82. The molecule has 3 rings (SSSR count). The Kier molecular flexibility index (Phi) is 6.06. The van der Waals surface area contributed by atoms with Gasteiger partial charge >= 0.3 is 0 Å². The van der Waals surface area contributed by atoms with Crippen LogP contribution in [0.25, 0.3) is 11.1 Å². The van der Waals surface area contributed by atoms with Crippen molar-refractivity contribution >= 4 is 11.6 Å². The van der Waals surface area contributed by atoms with Crippen LogP contribution >= 0.6 is 11.6 Å². The molecule has 27 heavy (non-hydrogen) atoms. The highest BCUT2D eigenvalue weighted by Gasteiger charge is 2.14. The first-order chi connectivity index (χ1) is 13.1. The number of hydrogen-bond donors (Lipinski definition) is 0. The number of allylic oxidation sites excluding steroid dienone is 1. The molecule has 0 atom stereocenters. The molecule has 3 aromatic carbocycles. The predicted molar refractivity (Wildman–Crippen MR) is 108 cm³/mol. The van der Waals surface area contributed by atoms with Gasteiger partial charge in [-0.1, -0.05) is 53.8 Å². The number of benzene rings is 3. The van der Waals surface area contributed by atoms with E-state index in [2.05, 4.69) is 18.4 Å². The van der Waals surface area contributed by atoms with E-state index in [9.17, 15) is 8.78 Å². The first-order valence-electron chi connectivity index (χ1n) is 8.54. The molecule has 0 aliphatic rings. The van der Waals surface area contributed by atoms with Crippen LogP contribution in [0.1, 0.15) is 23.1 Å². The highest BCUT2D eigenvalue weighted by atomic mass is 35.5. The van der Waals surface area contributed by atoms with Gasteiger partial charge in [-0.25, -0.2) is 8.78 Å². The molecule has 0 fully saturated rings. The van der Waals surface area contributed by atoms with Gasteiger partial charge in [-0.05, 0) is 60.4 Å². The lowest BCUT2D eigenvalue weighted by molar-refractivity contribution is 0.587. The molecule has 0 saturated carbocycles. The Labute approximate surface area is 163 Å². The van der Waals surface area contributed by atoms with Crippen LogP contribution in [-0.2, 0) is 6.42 Å². The molecule has 0 unspecified atom stereocenters. The molecule has 0 heterocycles. The molecule has 134 valence electrons. The standard InChI is InChI=1S/C24H17ClF2/c1-2-3-4-17-5-7-18(8-6-17)9-10-20-13-16-22(26)23(24(20)27)19-11-14-21(25)15-12-19/h2,5-8,11-16H,1,3-4H2. The maximum atomic E-state index is 14.8. The van der Waals surface area contributed by atoms with Crippen molar-refractivity contribution in [2.75, 3.05) is 0 Å². The van der Waals surface area contributed by atoms with E-state index in [0.717, 1.165) is 18.4 Å². The second kappa shape index (κ2) is 8.66. The lowest BCUT2D eigenvalue weighted by Crippen LogP contribution is -1.94. The van der Waals surface area contributed by atoms with Crippen molar-refractivity contribution in [3.63, 3.8) is 0 Å². The van der Waals surface area contributed by atoms with E-state index in [1.807, 2.05) is 30.3 Å². The Morgan fingerprint density at radius 3 is 2.26 bits per heavy atom. The summed E-state index contributed by atoms with van der Waals surface area (Å²) < 4.78 is 29.0. The van der Waals surface area contributed by atoms with Gasteiger partial charge in [0.2, 0.25) is 0 Å². The molecule has 0 radical (unpaired) electrons. The van der Waals surface area contributed by atoms with Gasteiger partial charge in [0.25, 0.3) is 0 Å². The van der Waals surface area contributed by atoms with E-state index < -0.39 is 11.6 Å². The number of rotatable bonds is 4. The van der Waals surface area contributed by atoms with E-state index >= 15 is 0 Å². The quantitative estimate of drug-likeness (QED) is 0.346. The summed E-state index contributed by atoms with van der Waals surface area (Å²) >= 11 is 5.85. The average molecular weight is 379 g/mol. The van der Waals surface area contributed by atoms with Crippen molar-refractivity contribution in [2.45, 2.75) is 12.8 Å². The lowest BCUT2D eigenvalue weighted by Gasteiger charge is -2.07. The molecule has 0 aromatic heterocycles. The van der Waals surface area contributed by atoms with Crippen LogP contribution in [0.5, 0.6) is 0 Å². The van der Waals surface area contributed by atoms with Gasteiger partial charge in [0, 0.05) is 10.6 Å². The number of halogens is 3. The third-order valence-corrected chi connectivity index (χ3v) is 4.41. The van der Waals surface area contributed by atoms with Gasteiger partial charge in [-0.2, -0.15) is 0 Å². The molecule has 3 aromatic rings. The van der Waals surface area contributed by atoms with Gasteiger partial charge in [-0.15, -0.1) is 6.58 Å². The van der Waals surface area contributed by atoms with Crippen LogP contribution in [0.3, 0.4) is 0 Å². The molecule has 0 aliphatic carbocycles. The third-order valence-electron chi connectivity index (χ3n) is 4.16. The van der Waals surface area contributed by atoms with E-state index in [-0.39, 0.29) is 11.1 Å². The molecule has 0 saturated heterocycles. The smallest absolute Gasteiger partial charge is 0.149 e. The van der Waals surface area contributed by atoms with Crippen LogP contribution in [0.15, 0.2) is 73.3 Å². The normalized spacial score (nSPS) is 10.2. The highest BCUT2D eigenvalue weighted by molar-refractivity contribution is 6.30. The van der Waals surface area contributed by atoms with Crippen molar-refractivity contribution in [3.8, 4) is 23.0 Å². The minimum Gasteiger partial charge on any atom is -0.206 e. The SMILES string of the molecule is C=CCCc1ccc(C#Cc2ccc(F)c(-c3ccc(Cl)cc3)c2F)cc1. The van der Waals surface area contributed by atoms with Crippen molar-refractivity contribution in [2.24, 2.45) is 0 Å². The second-order valence-corrected chi connectivity index (χ2v) is 6.50. The zero-order valence-electron chi connectivity index (χ0n) is 14.6. The summed E-state index contributed by atoms with van der Waals surface area (Å²) in [5.74, 6) is 4.44. The zero-order chi connectivity index (χ0) is 19.2. The van der Waals surface area contributed by atoms with Gasteiger partial charge < -0.3 is 0 Å². The van der Waals surface area contributed by atoms with Gasteiger partial charge in [-0.3, -0.25) is 0 Å². The number of hydrogen-bond acceptors (Lipinski definition) is 0. The van der Waals surface area contributed by atoms with E-state index in [4.69, 9.17) is 11.6 Å². The van der Waals surface area contributed by atoms with Crippen LogP contribution in [0.4, 0.5) is 8.78 Å². The molecule has 0 nitrogen and oxygen atoms in total. The first kappa shape index (κ1) is 18.9. The topological polar surface area (TPSA) is 0 Å². The Bertz CT molecular complexity index is 1010. The lowest BCUT2D eigenvalue weighted by atomic mass is 10.0. The Balaban J connectivity index is 1.90. The summed E-state index contributed by atoms with van der Waals surface area (Å²) in [5, 5.41) is 0.507. The molecule has 0 aliphatic heterocycles. The number of aryl methyl sites for hydroxylation is 1. The fraction of sp³-hybridized carbons (Fsp3) is 0.0833. The summed E-state index contributed by atoms with van der Waals surface area (Å²) in [4.78, 5) is 0. The predicted octanol–water partition coefficient (Wildman–Crippen LogP) is 6.80. The maximum Gasteiger partial charge on any atom is 0.149 e. The van der Waals surface area contributed by atoms with Crippen molar-refractivity contribution in [1.82, 2.24) is 0 Å². The fourth-order valence-electron chi connectivity index (χ4n) is 2.69. The van der Waals surface area contributed by atoms with Gasteiger partial charge in [0.1, 0.15) is 11.6 Å². The molecule has 3 heteroatoms. The molecule has 0 amide bonds. The van der Waals surface area contributed by atoms with Crippen molar-refractivity contribution < 1.29 is 8.78 Å². The molecular formula is C24H17ClF2. The van der Waals surface area contributed by atoms with Crippen LogP contribution < -0.4 is 0 Å². The minimum absolute atomic E-state index is 0.0989. The van der Waals surface area contributed by atoms with Crippen LogP contribution in [0, 0.1) is 23.5 Å². The summed E-state index contributed by atoms with van der Waals surface area (Å²) in [6.45, 7) is 3.71. The summed E-state index contributed by atoms with van der Waals surface area (Å²) in [6.07, 6.45) is 3.72. The van der Waals surface area contributed by atoms with Gasteiger partial charge in [0.05, 0.1) is 11.1 Å². The van der Waals surface area contributed by atoms with E-state index in [1.54, 1.807) is 24.3 Å². The van der Waals surface area contributed by atoms with Gasteiger partial charge in [0.15, 0.2) is 0 Å². The summed E-state index contributed by atoms with van der Waals surface area (Å²) in [7, 11) is 0. The Morgan fingerprint density at radius 1 is 0.889 bits per heavy atom. The van der Waals surface area contributed by atoms with Crippen LogP contribution in [-0.4, -0.2) is 0 Å². The Hall–Kier alpha value is -2.89. The molecule has 0 bridgehead atoms. The summed E-state index contributed by atoms with van der Waals surface area (Å²) in [6, 6.07) is 16.7. The zero-order valence-corrected chi connectivity index (χ0v) is 15.4. The monoisotopic (exact) mass is 378 g/mol. The molecule has 0 spiro atoms. The second-order valence-electron chi connectivity index (χ2n) is 6.07. The van der Waals surface area contributed by atoms with E-state index in [1.165, 1.54) is 17.7 Å². The maximum absolute atomic E-state index is 14.8. The highest BCUT2D eigenvalue weighted by Crippen LogP contribution is 2.29. The third kappa shape index (κ3) is 4.64. The van der Waals surface area contributed by atoms with Crippen molar-refractivity contribution in [3.05, 3.63) is 107 Å².